The number of hydrogen-bond acceptors (Lipinski definition) is 4. The quantitative estimate of drug-likeness (QED) is 0.907. The van der Waals surface area contributed by atoms with Crippen molar-refractivity contribution in [3.8, 4) is 17.6 Å². The van der Waals surface area contributed by atoms with Crippen LogP contribution < -0.4 is 9.47 Å². The Balaban J connectivity index is 1.68. The molecule has 4 heteroatoms. The third kappa shape index (κ3) is 1.84. The summed E-state index contributed by atoms with van der Waals surface area (Å²) < 4.78 is 11.1. The zero-order chi connectivity index (χ0) is 14.4. The van der Waals surface area contributed by atoms with E-state index in [2.05, 4.69) is 6.07 Å². The topological polar surface area (TPSA) is 62.5 Å². The summed E-state index contributed by atoms with van der Waals surface area (Å²) in [5.74, 6) is 2.34. The second-order valence-corrected chi connectivity index (χ2v) is 6.54. The highest BCUT2D eigenvalue weighted by molar-refractivity contribution is 5.45. The zero-order valence-corrected chi connectivity index (χ0v) is 11.9. The molecule has 0 amide bonds. The lowest BCUT2D eigenvalue weighted by molar-refractivity contribution is 0.0229. The van der Waals surface area contributed by atoms with Crippen molar-refractivity contribution >= 4 is 0 Å². The average molecular weight is 285 g/mol. The van der Waals surface area contributed by atoms with Crippen molar-refractivity contribution in [1.29, 1.82) is 5.26 Å². The van der Waals surface area contributed by atoms with Crippen LogP contribution in [0.15, 0.2) is 18.2 Å². The molecule has 21 heavy (non-hydrogen) atoms. The highest BCUT2D eigenvalue weighted by Crippen LogP contribution is 2.60. The van der Waals surface area contributed by atoms with Crippen LogP contribution in [0.5, 0.6) is 11.5 Å². The van der Waals surface area contributed by atoms with Gasteiger partial charge in [-0.1, -0.05) is 12.5 Å². The third-order valence-corrected chi connectivity index (χ3v) is 5.47. The summed E-state index contributed by atoms with van der Waals surface area (Å²) in [6.07, 6.45) is 3.45. The Morgan fingerprint density at radius 3 is 2.71 bits per heavy atom. The van der Waals surface area contributed by atoms with Gasteiger partial charge in [-0.3, -0.25) is 0 Å². The van der Waals surface area contributed by atoms with Crippen LogP contribution >= 0.6 is 0 Å². The minimum Gasteiger partial charge on any atom is -0.486 e. The molecule has 4 nitrogen and oxygen atoms in total. The molecule has 1 N–H and O–H groups in total. The number of aliphatic hydroxyl groups excluding tert-OH is 1. The van der Waals surface area contributed by atoms with Gasteiger partial charge in [-0.05, 0) is 48.8 Å². The summed E-state index contributed by atoms with van der Waals surface area (Å²) >= 11 is 0. The number of fused-ring (bicyclic) bond motifs is 3. The molecule has 4 rings (SSSR count). The molecule has 0 saturated heterocycles. The summed E-state index contributed by atoms with van der Waals surface area (Å²) in [5, 5.41) is 20.6. The van der Waals surface area contributed by atoms with E-state index in [1.807, 2.05) is 18.2 Å². The highest BCUT2D eigenvalue weighted by Gasteiger charge is 2.55. The molecular formula is C17H19NO3. The van der Waals surface area contributed by atoms with Crippen LogP contribution in [0.3, 0.4) is 0 Å². The highest BCUT2D eigenvalue weighted by atomic mass is 16.6. The predicted molar refractivity (Wildman–Crippen MR) is 75.9 cm³/mol. The van der Waals surface area contributed by atoms with E-state index < -0.39 is 11.5 Å². The van der Waals surface area contributed by atoms with Crippen molar-refractivity contribution in [1.82, 2.24) is 0 Å². The SMILES string of the molecule is N#CC1(C(O)c2ccc3c(c2)OCCO3)CC2CCC1C2. The van der Waals surface area contributed by atoms with Gasteiger partial charge in [0.15, 0.2) is 11.5 Å². The minimum absolute atomic E-state index is 0.329. The van der Waals surface area contributed by atoms with E-state index in [0.29, 0.717) is 30.8 Å². The normalized spacial score (nSPS) is 34.5. The van der Waals surface area contributed by atoms with E-state index in [1.54, 1.807) is 0 Å². The Kier molecular flexibility index (Phi) is 2.87. The first-order chi connectivity index (χ1) is 10.2. The van der Waals surface area contributed by atoms with E-state index in [1.165, 1.54) is 6.42 Å². The summed E-state index contributed by atoms with van der Waals surface area (Å²) in [6, 6.07) is 8.01. The van der Waals surface area contributed by atoms with Crippen LogP contribution in [-0.2, 0) is 0 Å². The predicted octanol–water partition coefficient (Wildman–Crippen LogP) is 2.82. The van der Waals surface area contributed by atoms with Crippen molar-refractivity contribution in [3.63, 3.8) is 0 Å². The molecule has 4 atom stereocenters. The fraction of sp³-hybridized carbons (Fsp3) is 0.588. The maximum absolute atomic E-state index is 10.9. The summed E-state index contributed by atoms with van der Waals surface area (Å²) in [5.41, 5.74) is 0.153. The fourth-order valence-electron chi connectivity index (χ4n) is 4.43. The number of ether oxygens (including phenoxy) is 2. The van der Waals surface area contributed by atoms with Gasteiger partial charge in [0, 0.05) is 0 Å². The molecule has 3 aliphatic rings. The van der Waals surface area contributed by atoms with Gasteiger partial charge in [0.1, 0.15) is 13.2 Å². The van der Waals surface area contributed by atoms with Crippen LogP contribution in [0.4, 0.5) is 0 Å². The van der Waals surface area contributed by atoms with Crippen molar-refractivity contribution in [2.75, 3.05) is 13.2 Å². The monoisotopic (exact) mass is 285 g/mol. The standard InChI is InChI=1S/C17H19NO3/c18-10-17(9-11-1-3-13(17)7-11)16(19)12-2-4-14-15(8-12)21-6-5-20-14/h2,4,8,11,13,16,19H,1,3,5-7,9H2. The molecule has 1 heterocycles. The molecule has 0 radical (unpaired) electrons. The average Bonchev–Trinajstić information content (AvgIpc) is 3.15. The maximum atomic E-state index is 10.9. The Hall–Kier alpha value is -1.73. The maximum Gasteiger partial charge on any atom is 0.161 e. The molecule has 4 unspecified atom stereocenters. The fourth-order valence-corrected chi connectivity index (χ4v) is 4.43. The van der Waals surface area contributed by atoms with Crippen molar-refractivity contribution in [2.24, 2.45) is 17.3 Å². The Bertz CT molecular complexity index is 609. The summed E-state index contributed by atoms with van der Waals surface area (Å²) in [4.78, 5) is 0. The lowest BCUT2D eigenvalue weighted by atomic mass is 9.68. The van der Waals surface area contributed by atoms with Gasteiger partial charge in [0.2, 0.25) is 0 Å². The molecule has 110 valence electrons. The number of nitriles is 1. The molecule has 1 aliphatic heterocycles. The van der Waals surface area contributed by atoms with E-state index >= 15 is 0 Å². The number of rotatable bonds is 2. The van der Waals surface area contributed by atoms with Crippen molar-refractivity contribution in [2.45, 2.75) is 31.8 Å². The second-order valence-electron chi connectivity index (χ2n) is 6.54. The van der Waals surface area contributed by atoms with E-state index in [4.69, 9.17) is 9.47 Å². The van der Waals surface area contributed by atoms with Gasteiger partial charge in [-0.15, -0.1) is 0 Å². The lowest BCUT2D eigenvalue weighted by Crippen LogP contribution is -2.33. The summed E-state index contributed by atoms with van der Waals surface area (Å²) in [7, 11) is 0. The zero-order valence-electron chi connectivity index (χ0n) is 11.9. The Morgan fingerprint density at radius 1 is 1.24 bits per heavy atom. The molecule has 2 saturated carbocycles. The molecular weight excluding hydrogens is 266 g/mol. The van der Waals surface area contributed by atoms with Crippen LogP contribution in [0.2, 0.25) is 0 Å². The number of aliphatic hydroxyl groups is 1. The van der Waals surface area contributed by atoms with Crippen molar-refractivity contribution in [3.05, 3.63) is 23.8 Å². The molecule has 1 aromatic carbocycles. The summed E-state index contributed by atoms with van der Waals surface area (Å²) in [6.45, 7) is 1.08. The minimum atomic E-state index is -0.742. The third-order valence-electron chi connectivity index (χ3n) is 5.47. The van der Waals surface area contributed by atoms with Crippen LogP contribution in [0, 0.1) is 28.6 Å². The number of hydrogen-bond donors (Lipinski definition) is 1. The van der Waals surface area contributed by atoms with Gasteiger partial charge in [-0.2, -0.15) is 5.26 Å². The number of nitrogens with zero attached hydrogens (tertiary/aromatic N) is 1. The van der Waals surface area contributed by atoms with Gasteiger partial charge in [0.25, 0.3) is 0 Å². The van der Waals surface area contributed by atoms with Crippen molar-refractivity contribution < 1.29 is 14.6 Å². The van der Waals surface area contributed by atoms with Crippen LogP contribution in [-0.4, -0.2) is 18.3 Å². The van der Waals surface area contributed by atoms with Gasteiger partial charge in [0.05, 0.1) is 17.6 Å². The first kappa shape index (κ1) is 13.0. The molecule has 0 aromatic heterocycles. The van der Waals surface area contributed by atoms with Gasteiger partial charge >= 0.3 is 0 Å². The van der Waals surface area contributed by atoms with Gasteiger partial charge < -0.3 is 14.6 Å². The molecule has 0 spiro atoms. The first-order valence-electron chi connectivity index (χ1n) is 7.72. The molecule has 2 fully saturated rings. The largest absolute Gasteiger partial charge is 0.486 e. The van der Waals surface area contributed by atoms with Crippen LogP contribution in [0.25, 0.3) is 0 Å². The Labute approximate surface area is 124 Å². The first-order valence-corrected chi connectivity index (χ1v) is 7.72. The van der Waals surface area contributed by atoms with E-state index in [0.717, 1.165) is 30.6 Å². The van der Waals surface area contributed by atoms with E-state index in [9.17, 15) is 10.4 Å². The Morgan fingerprint density at radius 2 is 2.05 bits per heavy atom. The smallest absolute Gasteiger partial charge is 0.161 e. The second kappa shape index (κ2) is 4.64. The molecule has 2 bridgehead atoms. The van der Waals surface area contributed by atoms with Gasteiger partial charge in [-0.25, -0.2) is 0 Å². The van der Waals surface area contributed by atoms with E-state index in [-0.39, 0.29) is 0 Å². The molecule has 1 aromatic rings. The number of benzene rings is 1. The molecule has 2 aliphatic carbocycles. The van der Waals surface area contributed by atoms with Crippen LogP contribution in [0.1, 0.15) is 37.4 Å². The lowest BCUT2D eigenvalue weighted by Gasteiger charge is -2.36.